The molecule has 1 aliphatic rings. The first kappa shape index (κ1) is 13.0. The molecular formula is C13H19BO2S. The lowest BCUT2D eigenvalue weighted by atomic mass is 9.79. The van der Waals surface area contributed by atoms with Crippen LogP contribution in [0, 0.1) is 0 Å². The normalized spacial score (nSPS) is 21.8. The average Bonchev–Trinajstić information content (AvgIpc) is 2.48. The summed E-state index contributed by atoms with van der Waals surface area (Å²) >= 11 is 1.72. The Morgan fingerprint density at radius 1 is 1.00 bits per heavy atom. The van der Waals surface area contributed by atoms with Crippen LogP contribution in [0.15, 0.2) is 29.2 Å². The van der Waals surface area contributed by atoms with Crippen molar-refractivity contribution >= 4 is 24.3 Å². The molecule has 1 aromatic carbocycles. The zero-order chi connectivity index (χ0) is 12.7. The number of benzene rings is 1. The highest BCUT2D eigenvalue weighted by atomic mass is 32.2. The highest BCUT2D eigenvalue weighted by molar-refractivity contribution is 7.98. The largest absolute Gasteiger partial charge is 0.495 e. The fraction of sp³-hybridized carbons (Fsp3) is 0.538. The molecule has 1 heterocycles. The van der Waals surface area contributed by atoms with E-state index in [9.17, 15) is 0 Å². The minimum Gasteiger partial charge on any atom is -0.399 e. The molecule has 0 atom stereocenters. The molecule has 1 saturated heterocycles. The molecule has 1 aliphatic heterocycles. The Balaban J connectivity index is 2.32. The second-order valence-corrected chi connectivity index (χ2v) is 6.18. The van der Waals surface area contributed by atoms with Gasteiger partial charge >= 0.3 is 7.12 Å². The molecule has 4 heteroatoms. The molecule has 1 fully saturated rings. The van der Waals surface area contributed by atoms with Crippen LogP contribution in [0.1, 0.15) is 27.7 Å². The minimum absolute atomic E-state index is 0.261. The minimum atomic E-state index is -0.275. The van der Waals surface area contributed by atoms with Gasteiger partial charge in [0.15, 0.2) is 0 Å². The first-order valence-electron chi connectivity index (χ1n) is 5.86. The summed E-state index contributed by atoms with van der Waals surface area (Å²) in [5.41, 5.74) is 0.575. The Kier molecular flexibility index (Phi) is 3.32. The SMILES string of the molecule is CSc1ccccc1B1OC(C)(C)C(C)(C)O1. The van der Waals surface area contributed by atoms with Crippen molar-refractivity contribution in [3.63, 3.8) is 0 Å². The van der Waals surface area contributed by atoms with Crippen LogP contribution in [0.2, 0.25) is 0 Å². The van der Waals surface area contributed by atoms with Crippen LogP contribution < -0.4 is 5.46 Å². The Morgan fingerprint density at radius 3 is 2.06 bits per heavy atom. The van der Waals surface area contributed by atoms with Crippen molar-refractivity contribution in [2.45, 2.75) is 43.8 Å². The van der Waals surface area contributed by atoms with Gasteiger partial charge in [0.05, 0.1) is 11.2 Å². The summed E-state index contributed by atoms with van der Waals surface area (Å²) in [4.78, 5) is 1.21. The van der Waals surface area contributed by atoms with Gasteiger partial charge in [0, 0.05) is 4.90 Å². The molecule has 0 unspecified atom stereocenters. The fourth-order valence-electron chi connectivity index (χ4n) is 1.83. The van der Waals surface area contributed by atoms with Gasteiger partial charge in [-0.1, -0.05) is 18.2 Å². The lowest BCUT2D eigenvalue weighted by Crippen LogP contribution is -2.41. The smallest absolute Gasteiger partial charge is 0.399 e. The average molecular weight is 250 g/mol. The predicted octanol–water partition coefficient (Wildman–Crippen LogP) is 2.71. The van der Waals surface area contributed by atoms with E-state index < -0.39 is 0 Å². The molecule has 92 valence electrons. The molecule has 2 rings (SSSR count). The van der Waals surface area contributed by atoms with Gasteiger partial charge in [0.25, 0.3) is 0 Å². The summed E-state index contributed by atoms with van der Waals surface area (Å²) in [5, 5.41) is 0. The van der Waals surface area contributed by atoms with Gasteiger partial charge in [0.2, 0.25) is 0 Å². The van der Waals surface area contributed by atoms with E-state index in [-0.39, 0.29) is 18.3 Å². The molecule has 0 N–H and O–H groups in total. The summed E-state index contributed by atoms with van der Waals surface area (Å²) in [6.07, 6.45) is 2.07. The number of hydrogen-bond donors (Lipinski definition) is 0. The first-order valence-corrected chi connectivity index (χ1v) is 7.08. The van der Waals surface area contributed by atoms with Gasteiger partial charge in [-0.2, -0.15) is 0 Å². The van der Waals surface area contributed by atoms with Crippen LogP contribution >= 0.6 is 11.8 Å². The third-order valence-corrected chi connectivity index (χ3v) is 4.46. The Hall–Kier alpha value is -0.445. The standard InChI is InChI=1S/C13H19BO2S/c1-12(2)13(3,4)16-14(15-12)10-8-6-7-9-11(10)17-5/h6-9H,1-5H3. The van der Waals surface area contributed by atoms with Crippen LogP contribution in [0.5, 0.6) is 0 Å². The van der Waals surface area contributed by atoms with E-state index in [0.29, 0.717) is 0 Å². The Morgan fingerprint density at radius 2 is 1.53 bits per heavy atom. The van der Waals surface area contributed by atoms with Gasteiger partial charge in [-0.05, 0) is 45.5 Å². The second-order valence-electron chi connectivity index (χ2n) is 5.33. The van der Waals surface area contributed by atoms with Gasteiger partial charge < -0.3 is 9.31 Å². The summed E-state index contributed by atoms with van der Waals surface area (Å²) < 4.78 is 12.1. The molecule has 1 aromatic rings. The van der Waals surface area contributed by atoms with Crippen molar-refractivity contribution in [3.8, 4) is 0 Å². The topological polar surface area (TPSA) is 18.5 Å². The number of thioether (sulfide) groups is 1. The van der Waals surface area contributed by atoms with Crippen molar-refractivity contribution in [2.24, 2.45) is 0 Å². The highest BCUT2D eigenvalue weighted by Gasteiger charge is 2.52. The lowest BCUT2D eigenvalue weighted by Gasteiger charge is -2.32. The predicted molar refractivity (Wildman–Crippen MR) is 73.9 cm³/mol. The first-order chi connectivity index (χ1) is 7.87. The lowest BCUT2D eigenvalue weighted by molar-refractivity contribution is 0.00578. The van der Waals surface area contributed by atoms with Crippen LogP contribution in [0.25, 0.3) is 0 Å². The van der Waals surface area contributed by atoms with Gasteiger partial charge in [0.1, 0.15) is 0 Å². The molecule has 2 nitrogen and oxygen atoms in total. The maximum Gasteiger partial charge on any atom is 0.495 e. The van der Waals surface area contributed by atoms with Crippen molar-refractivity contribution in [2.75, 3.05) is 6.26 Å². The number of hydrogen-bond acceptors (Lipinski definition) is 3. The zero-order valence-corrected chi connectivity index (χ0v) is 11.9. The molecule has 0 radical (unpaired) electrons. The molecule has 0 amide bonds. The van der Waals surface area contributed by atoms with E-state index in [0.717, 1.165) is 5.46 Å². The maximum absolute atomic E-state index is 6.06. The maximum atomic E-state index is 6.06. The van der Waals surface area contributed by atoms with E-state index in [1.54, 1.807) is 11.8 Å². The quantitative estimate of drug-likeness (QED) is 0.594. The van der Waals surface area contributed by atoms with Crippen LogP contribution in [0.3, 0.4) is 0 Å². The molecule has 0 saturated carbocycles. The van der Waals surface area contributed by atoms with Crippen molar-refractivity contribution in [1.29, 1.82) is 0 Å². The van der Waals surface area contributed by atoms with Crippen molar-refractivity contribution < 1.29 is 9.31 Å². The summed E-state index contributed by atoms with van der Waals surface area (Å²) in [6, 6.07) is 8.25. The van der Waals surface area contributed by atoms with Gasteiger partial charge in [-0.3, -0.25) is 0 Å². The summed E-state index contributed by atoms with van der Waals surface area (Å²) in [6.45, 7) is 8.31. The molecular weight excluding hydrogens is 231 g/mol. The van der Waals surface area contributed by atoms with Crippen LogP contribution in [0.4, 0.5) is 0 Å². The Labute approximate surface area is 108 Å². The summed E-state index contributed by atoms with van der Waals surface area (Å²) in [5.74, 6) is 0. The van der Waals surface area contributed by atoms with Crippen LogP contribution in [-0.4, -0.2) is 24.6 Å². The van der Waals surface area contributed by atoms with E-state index >= 15 is 0 Å². The van der Waals surface area contributed by atoms with E-state index in [4.69, 9.17) is 9.31 Å². The molecule has 0 aromatic heterocycles. The number of rotatable bonds is 2. The van der Waals surface area contributed by atoms with E-state index in [1.807, 2.05) is 12.1 Å². The second kappa shape index (κ2) is 4.34. The van der Waals surface area contributed by atoms with Crippen LogP contribution in [-0.2, 0) is 9.31 Å². The Bertz CT molecular complexity index is 402. The molecule has 17 heavy (non-hydrogen) atoms. The van der Waals surface area contributed by atoms with Gasteiger partial charge in [-0.25, -0.2) is 0 Å². The van der Waals surface area contributed by atoms with Crippen molar-refractivity contribution in [3.05, 3.63) is 24.3 Å². The van der Waals surface area contributed by atoms with Crippen molar-refractivity contribution in [1.82, 2.24) is 0 Å². The highest BCUT2D eigenvalue weighted by Crippen LogP contribution is 2.37. The third-order valence-electron chi connectivity index (χ3n) is 3.65. The molecule has 0 aliphatic carbocycles. The monoisotopic (exact) mass is 250 g/mol. The van der Waals surface area contributed by atoms with Gasteiger partial charge in [-0.15, -0.1) is 11.8 Å². The third kappa shape index (κ3) is 2.26. The zero-order valence-electron chi connectivity index (χ0n) is 11.1. The van der Waals surface area contributed by atoms with E-state index in [1.165, 1.54) is 4.90 Å². The summed E-state index contributed by atoms with van der Waals surface area (Å²) in [7, 11) is -0.261. The molecule has 0 bridgehead atoms. The molecule has 0 spiro atoms. The fourth-order valence-corrected chi connectivity index (χ4v) is 2.45. The van der Waals surface area contributed by atoms with E-state index in [2.05, 4.69) is 46.1 Å².